The van der Waals surface area contributed by atoms with Gasteiger partial charge in [-0.1, -0.05) is 29.8 Å². The van der Waals surface area contributed by atoms with Crippen LogP contribution in [0.15, 0.2) is 29.2 Å². The smallest absolute Gasteiger partial charge is 0.779 e. The van der Waals surface area contributed by atoms with Crippen molar-refractivity contribution in [2.45, 2.75) is 17.9 Å². The van der Waals surface area contributed by atoms with Crippen molar-refractivity contribution in [2.24, 2.45) is 0 Å². The van der Waals surface area contributed by atoms with E-state index in [-0.39, 0.29) is 18.9 Å². The summed E-state index contributed by atoms with van der Waals surface area (Å²) in [5, 5.41) is 0. The zero-order valence-corrected chi connectivity index (χ0v) is 9.56. The molecule has 0 radical (unpaired) electrons. The molecule has 0 saturated heterocycles. The Labute approximate surface area is 98.1 Å². The molecule has 0 saturated carbocycles. The van der Waals surface area contributed by atoms with Crippen LogP contribution in [0.1, 0.15) is 18.5 Å². The van der Waals surface area contributed by atoms with Crippen LogP contribution < -0.4 is 18.9 Å². The largest absolute Gasteiger partial charge is 1.00 e. The van der Waals surface area contributed by atoms with E-state index >= 15 is 0 Å². The van der Waals surface area contributed by atoms with Gasteiger partial charge in [-0.25, -0.2) is 0 Å². The standard InChI is InChI=1S/C10H15NS.Li/c1-8(11(2)3)9-6-4-5-7-10(9)12;/h4-8,12H,1-3H3;/q;+1/p-1/t8-;/m0./s1. The maximum atomic E-state index is 5.22. The van der Waals surface area contributed by atoms with Crippen molar-refractivity contribution in [1.82, 2.24) is 4.90 Å². The Bertz CT molecular complexity index is 263. The van der Waals surface area contributed by atoms with Crippen molar-refractivity contribution in [3.8, 4) is 0 Å². The molecule has 13 heavy (non-hydrogen) atoms. The average molecular weight is 187 g/mol. The van der Waals surface area contributed by atoms with Gasteiger partial charge >= 0.3 is 18.9 Å². The van der Waals surface area contributed by atoms with Crippen LogP contribution in [0, 0.1) is 0 Å². The average Bonchev–Trinajstić information content (AvgIpc) is 2.04. The zero-order chi connectivity index (χ0) is 9.14. The topological polar surface area (TPSA) is 3.24 Å². The molecular weight excluding hydrogens is 173 g/mol. The summed E-state index contributed by atoms with van der Waals surface area (Å²) in [5.74, 6) is 0. The molecular formula is C10H14LiNS. The van der Waals surface area contributed by atoms with Crippen LogP contribution in [0.4, 0.5) is 0 Å². The molecule has 0 aromatic heterocycles. The van der Waals surface area contributed by atoms with Crippen molar-refractivity contribution < 1.29 is 18.9 Å². The minimum absolute atomic E-state index is 0. The molecule has 0 amide bonds. The summed E-state index contributed by atoms with van der Waals surface area (Å²) in [4.78, 5) is 3.12. The van der Waals surface area contributed by atoms with Gasteiger partial charge in [0.25, 0.3) is 0 Å². The van der Waals surface area contributed by atoms with Crippen molar-refractivity contribution in [1.29, 1.82) is 0 Å². The second-order valence-electron chi connectivity index (χ2n) is 3.18. The molecule has 0 aliphatic carbocycles. The first-order valence-electron chi connectivity index (χ1n) is 4.05. The molecule has 1 aromatic carbocycles. The molecule has 0 aliphatic heterocycles. The molecule has 1 atom stereocenters. The number of hydrogen-bond acceptors (Lipinski definition) is 2. The van der Waals surface area contributed by atoms with Crippen LogP contribution >= 0.6 is 0 Å². The molecule has 0 bridgehead atoms. The quantitative estimate of drug-likeness (QED) is 0.441. The van der Waals surface area contributed by atoms with Crippen LogP contribution in [0.25, 0.3) is 0 Å². The predicted octanol–water partition coefficient (Wildman–Crippen LogP) is -0.781. The first-order valence-corrected chi connectivity index (χ1v) is 4.46. The molecule has 0 spiro atoms. The number of rotatable bonds is 2. The maximum absolute atomic E-state index is 5.22. The van der Waals surface area contributed by atoms with Gasteiger partial charge in [-0.15, -0.1) is 0 Å². The summed E-state index contributed by atoms with van der Waals surface area (Å²) in [6, 6.07) is 8.48. The van der Waals surface area contributed by atoms with Crippen LogP contribution in [-0.2, 0) is 12.6 Å². The van der Waals surface area contributed by atoms with Crippen molar-refractivity contribution in [3.63, 3.8) is 0 Å². The summed E-state index contributed by atoms with van der Waals surface area (Å²) < 4.78 is 0. The third-order valence-corrected chi connectivity index (χ3v) is 2.52. The Morgan fingerprint density at radius 1 is 1.23 bits per heavy atom. The molecule has 3 heteroatoms. The fourth-order valence-corrected chi connectivity index (χ4v) is 1.42. The Kier molecular flexibility index (Phi) is 5.67. The van der Waals surface area contributed by atoms with Gasteiger partial charge < -0.3 is 17.5 Å². The third kappa shape index (κ3) is 3.32. The fourth-order valence-electron chi connectivity index (χ4n) is 1.10. The van der Waals surface area contributed by atoms with E-state index in [0.717, 1.165) is 4.90 Å². The van der Waals surface area contributed by atoms with Crippen LogP contribution in [0.5, 0.6) is 0 Å². The number of nitrogens with zero attached hydrogens (tertiary/aromatic N) is 1. The fraction of sp³-hybridized carbons (Fsp3) is 0.400. The normalized spacial score (nSPS) is 12.3. The second-order valence-corrected chi connectivity index (χ2v) is 3.62. The van der Waals surface area contributed by atoms with Gasteiger partial charge in [0, 0.05) is 6.04 Å². The zero-order valence-electron chi connectivity index (χ0n) is 8.74. The Morgan fingerprint density at radius 2 is 1.77 bits per heavy atom. The SMILES string of the molecule is C[C@@H](c1ccccc1[S-])N(C)C.[Li+]. The van der Waals surface area contributed by atoms with Gasteiger partial charge in [0.15, 0.2) is 0 Å². The molecule has 0 heterocycles. The van der Waals surface area contributed by atoms with Crippen molar-refractivity contribution >= 4 is 12.6 Å². The molecule has 0 N–H and O–H groups in total. The minimum Gasteiger partial charge on any atom is -0.779 e. The van der Waals surface area contributed by atoms with E-state index in [1.165, 1.54) is 5.56 Å². The van der Waals surface area contributed by atoms with Gasteiger partial charge in [0.1, 0.15) is 0 Å². The predicted molar refractivity (Wildman–Crippen MR) is 54.2 cm³/mol. The maximum Gasteiger partial charge on any atom is 1.00 e. The van der Waals surface area contributed by atoms with Gasteiger partial charge in [-0.2, -0.15) is 4.90 Å². The number of hydrogen-bond donors (Lipinski definition) is 0. The van der Waals surface area contributed by atoms with Crippen molar-refractivity contribution in [2.75, 3.05) is 14.1 Å². The molecule has 1 rings (SSSR count). The van der Waals surface area contributed by atoms with Gasteiger partial charge in [-0.05, 0) is 21.0 Å². The molecule has 1 nitrogen and oxygen atoms in total. The first kappa shape index (κ1) is 13.0. The first-order chi connectivity index (χ1) is 5.63. The number of benzene rings is 1. The Balaban J connectivity index is 0.00000144. The third-order valence-electron chi connectivity index (χ3n) is 2.14. The Hall–Kier alpha value is -0.00260. The summed E-state index contributed by atoms with van der Waals surface area (Å²) in [6.45, 7) is 2.16. The van der Waals surface area contributed by atoms with Gasteiger partial charge in [-0.3, -0.25) is 0 Å². The van der Waals surface area contributed by atoms with E-state index in [1.54, 1.807) is 0 Å². The summed E-state index contributed by atoms with van der Waals surface area (Å²) >= 11 is 5.22. The summed E-state index contributed by atoms with van der Waals surface area (Å²) in [5.41, 5.74) is 1.23. The van der Waals surface area contributed by atoms with Crippen LogP contribution in [-0.4, -0.2) is 19.0 Å². The summed E-state index contributed by atoms with van der Waals surface area (Å²) in [7, 11) is 4.12. The molecule has 1 aromatic rings. The van der Waals surface area contributed by atoms with Crippen LogP contribution in [0.3, 0.4) is 0 Å². The van der Waals surface area contributed by atoms with Crippen LogP contribution in [0.2, 0.25) is 0 Å². The molecule has 66 valence electrons. The van der Waals surface area contributed by atoms with E-state index in [1.807, 2.05) is 18.2 Å². The van der Waals surface area contributed by atoms with Gasteiger partial charge in [0.2, 0.25) is 0 Å². The van der Waals surface area contributed by atoms with E-state index in [2.05, 4.69) is 32.0 Å². The molecule has 0 aliphatic rings. The van der Waals surface area contributed by atoms with E-state index in [9.17, 15) is 0 Å². The molecule has 0 unspecified atom stereocenters. The van der Waals surface area contributed by atoms with Crippen molar-refractivity contribution in [3.05, 3.63) is 29.8 Å². The molecule has 0 fully saturated rings. The monoisotopic (exact) mass is 187 g/mol. The van der Waals surface area contributed by atoms with E-state index in [4.69, 9.17) is 12.6 Å². The van der Waals surface area contributed by atoms with E-state index in [0.29, 0.717) is 6.04 Å². The summed E-state index contributed by atoms with van der Waals surface area (Å²) in [6.07, 6.45) is 0. The second kappa shape index (κ2) is 5.67. The van der Waals surface area contributed by atoms with Gasteiger partial charge in [0.05, 0.1) is 0 Å². The van der Waals surface area contributed by atoms with E-state index < -0.39 is 0 Å². The minimum atomic E-state index is 0. The Morgan fingerprint density at radius 3 is 2.23 bits per heavy atom.